The van der Waals surface area contributed by atoms with Gasteiger partial charge in [-0.1, -0.05) is 37.6 Å². The molecule has 2 aromatic rings. The Bertz CT molecular complexity index is 1130. The first-order valence-electron chi connectivity index (χ1n) is 10.4. The fourth-order valence-electron chi connectivity index (χ4n) is 4.17. The summed E-state index contributed by atoms with van der Waals surface area (Å²) < 4.78 is 14.9. The molecule has 0 unspecified atom stereocenters. The lowest BCUT2D eigenvalue weighted by atomic mass is 9.80. The molecule has 1 aliphatic rings. The smallest absolute Gasteiger partial charge is 0.320 e. The molecule has 0 amide bonds. The van der Waals surface area contributed by atoms with Gasteiger partial charge in [-0.15, -0.1) is 0 Å². The summed E-state index contributed by atoms with van der Waals surface area (Å²) in [7, 11) is 3.62. The molecule has 0 aliphatic heterocycles. The molecule has 0 bridgehead atoms. The fraction of sp³-hybridized carbons (Fsp3) is 0.320. The topological polar surface area (TPSA) is 113 Å². The Morgan fingerprint density at radius 1 is 0.818 bits per heavy atom. The lowest BCUT2D eigenvalue weighted by Crippen LogP contribution is -2.34. The molecule has 1 atom stereocenters. The first-order chi connectivity index (χ1) is 15.8. The van der Waals surface area contributed by atoms with Gasteiger partial charge in [-0.3, -0.25) is 24.0 Å². The van der Waals surface area contributed by atoms with Gasteiger partial charge in [0.15, 0.2) is 23.3 Å². The molecule has 0 N–H and O–H groups in total. The molecule has 2 aromatic carbocycles. The van der Waals surface area contributed by atoms with Crippen molar-refractivity contribution in [3.05, 3.63) is 64.2 Å². The predicted octanol–water partition coefficient (Wildman–Crippen LogP) is 3.03. The Labute approximate surface area is 190 Å². The number of hydrogen-bond acceptors (Lipinski definition) is 8. The molecule has 0 radical (unpaired) electrons. The summed E-state index contributed by atoms with van der Waals surface area (Å²) in [6.45, 7) is 1.74. The van der Waals surface area contributed by atoms with Crippen LogP contribution in [0.4, 0.5) is 0 Å². The second kappa shape index (κ2) is 9.77. The van der Waals surface area contributed by atoms with E-state index in [1.54, 1.807) is 31.2 Å². The van der Waals surface area contributed by atoms with Crippen molar-refractivity contribution in [2.45, 2.75) is 19.8 Å². The highest BCUT2D eigenvalue weighted by Gasteiger charge is 2.39. The largest absolute Gasteiger partial charge is 0.495 e. The number of benzene rings is 2. The van der Waals surface area contributed by atoms with Crippen LogP contribution in [0.2, 0.25) is 0 Å². The first kappa shape index (κ1) is 23.8. The van der Waals surface area contributed by atoms with Gasteiger partial charge >= 0.3 is 11.9 Å². The van der Waals surface area contributed by atoms with Crippen molar-refractivity contribution in [3.8, 4) is 5.75 Å². The maximum Gasteiger partial charge on any atom is 0.320 e. The molecule has 0 saturated heterocycles. The standard InChI is InChI=1S/C25H24O8/c1-5-13(19(24(29)32-3)25(30)33-4)12-18(26)16-10-11-17-20(23(16)31-2)22(28)15-9-7-6-8-14(15)21(17)27/h6-11,13,19H,5,12H2,1-4H3/t13-/m0/s1. The third-order valence-electron chi connectivity index (χ3n) is 5.90. The number of carbonyl (C=O) groups excluding carboxylic acids is 5. The zero-order valence-corrected chi connectivity index (χ0v) is 18.8. The minimum Gasteiger partial charge on any atom is -0.495 e. The van der Waals surface area contributed by atoms with Gasteiger partial charge in [-0.05, 0) is 18.1 Å². The summed E-state index contributed by atoms with van der Waals surface area (Å²) in [6, 6.07) is 9.32. The minimum atomic E-state index is -1.27. The van der Waals surface area contributed by atoms with E-state index in [0.717, 1.165) is 14.2 Å². The molecule has 0 spiro atoms. The van der Waals surface area contributed by atoms with Crippen LogP contribution in [-0.2, 0) is 19.1 Å². The average molecular weight is 452 g/mol. The summed E-state index contributed by atoms with van der Waals surface area (Å²) in [5.41, 5.74) is 0.796. The van der Waals surface area contributed by atoms with Crippen molar-refractivity contribution in [2.75, 3.05) is 21.3 Å². The van der Waals surface area contributed by atoms with Gasteiger partial charge in [-0.25, -0.2) is 0 Å². The Morgan fingerprint density at radius 2 is 1.39 bits per heavy atom. The van der Waals surface area contributed by atoms with E-state index in [9.17, 15) is 24.0 Å². The third-order valence-corrected chi connectivity index (χ3v) is 5.90. The van der Waals surface area contributed by atoms with Crippen LogP contribution >= 0.6 is 0 Å². The van der Waals surface area contributed by atoms with E-state index < -0.39 is 35.3 Å². The van der Waals surface area contributed by atoms with E-state index in [4.69, 9.17) is 14.2 Å². The van der Waals surface area contributed by atoms with E-state index in [1.807, 2.05) is 0 Å². The number of hydrogen-bond donors (Lipinski definition) is 0. The van der Waals surface area contributed by atoms with Gasteiger partial charge in [0, 0.05) is 23.1 Å². The van der Waals surface area contributed by atoms with Gasteiger partial charge < -0.3 is 14.2 Å². The number of rotatable bonds is 8. The quantitative estimate of drug-likeness (QED) is 0.291. The molecule has 172 valence electrons. The Kier molecular flexibility index (Phi) is 7.06. The maximum absolute atomic E-state index is 13.3. The zero-order valence-electron chi connectivity index (χ0n) is 18.8. The highest BCUT2D eigenvalue weighted by atomic mass is 16.5. The molecule has 33 heavy (non-hydrogen) atoms. The van der Waals surface area contributed by atoms with E-state index in [2.05, 4.69) is 0 Å². The number of carbonyl (C=O) groups is 5. The summed E-state index contributed by atoms with van der Waals surface area (Å²) in [5.74, 6) is -4.76. The van der Waals surface area contributed by atoms with Crippen LogP contribution in [0.3, 0.4) is 0 Å². The maximum atomic E-state index is 13.3. The summed E-state index contributed by atoms with van der Waals surface area (Å²) in [5, 5.41) is 0. The van der Waals surface area contributed by atoms with E-state index in [1.165, 1.54) is 19.2 Å². The van der Waals surface area contributed by atoms with Crippen LogP contribution in [0, 0.1) is 11.8 Å². The highest BCUT2D eigenvalue weighted by molar-refractivity contribution is 6.30. The normalized spacial score (nSPS) is 13.1. The molecule has 0 heterocycles. The van der Waals surface area contributed by atoms with Crippen LogP contribution in [0.25, 0.3) is 0 Å². The van der Waals surface area contributed by atoms with Crippen LogP contribution in [-0.4, -0.2) is 50.6 Å². The Hall–Kier alpha value is -3.81. The SMILES string of the molecule is CC[C@@H](CC(=O)c1ccc2c(c1OC)C(=O)c1ccccc1C2=O)C(C(=O)OC)C(=O)OC. The minimum absolute atomic E-state index is 0.00658. The lowest BCUT2D eigenvalue weighted by molar-refractivity contribution is -0.161. The molecule has 8 heteroatoms. The van der Waals surface area contributed by atoms with Crippen molar-refractivity contribution in [2.24, 2.45) is 11.8 Å². The summed E-state index contributed by atoms with van der Waals surface area (Å²) in [6.07, 6.45) is 0.123. The lowest BCUT2D eigenvalue weighted by Gasteiger charge is -2.23. The second-order valence-electron chi connectivity index (χ2n) is 7.59. The number of fused-ring (bicyclic) bond motifs is 2. The van der Waals surface area contributed by atoms with Crippen LogP contribution < -0.4 is 4.74 Å². The van der Waals surface area contributed by atoms with E-state index >= 15 is 0 Å². The molecule has 0 saturated carbocycles. The number of ether oxygens (including phenoxy) is 3. The zero-order chi connectivity index (χ0) is 24.3. The molecule has 1 aliphatic carbocycles. The Balaban J connectivity index is 2.03. The molecule has 0 fully saturated rings. The van der Waals surface area contributed by atoms with Gasteiger partial charge in [0.25, 0.3) is 0 Å². The fourth-order valence-corrected chi connectivity index (χ4v) is 4.17. The first-order valence-corrected chi connectivity index (χ1v) is 10.4. The van der Waals surface area contributed by atoms with Gasteiger partial charge in [0.1, 0.15) is 5.75 Å². The van der Waals surface area contributed by atoms with Crippen LogP contribution in [0.1, 0.15) is 62.0 Å². The van der Waals surface area contributed by atoms with Crippen molar-refractivity contribution < 1.29 is 38.2 Å². The molecular formula is C25H24O8. The van der Waals surface area contributed by atoms with Crippen LogP contribution in [0.15, 0.2) is 36.4 Å². The predicted molar refractivity (Wildman–Crippen MR) is 117 cm³/mol. The number of Topliss-reactive ketones (excluding diaryl/α,β-unsaturated/α-hetero) is 1. The molecular weight excluding hydrogens is 428 g/mol. The van der Waals surface area contributed by atoms with Crippen molar-refractivity contribution >= 4 is 29.3 Å². The van der Waals surface area contributed by atoms with Gasteiger partial charge in [0.2, 0.25) is 0 Å². The average Bonchev–Trinajstić information content (AvgIpc) is 2.85. The summed E-state index contributed by atoms with van der Waals surface area (Å²) in [4.78, 5) is 63.8. The van der Waals surface area contributed by atoms with Crippen LogP contribution in [0.5, 0.6) is 5.75 Å². The number of esters is 2. The second-order valence-corrected chi connectivity index (χ2v) is 7.59. The summed E-state index contributed by atoms with van der Waals surface area (Å²) >= 11 is 0. The monoisotopic (exact) mass is 452 g/mol. The van der Waals surface area contributed by atoms with Crippen molar-refractivity contribution in [3.63, 3.8) is 0 Å². The molecule has 0 aromatic heterocycles. The molecule has 8 nitrogen and oxygen atoms in total. The van der Waals surface area contributed by atoms with Crippen molar-refractivity contribution in [1.29, 1.82) is 0 Å². The van der Waals surface area contributed by atoms with Gasteiger partial charge in [0.05, 0.1) is 32.5 Å². The van der Waals surface area contributed by atoms with E-state index in [0.29, 0.717) is 12.0 Å². The van der Waals surface area contributed by atoms with Gasteiger partial charge in [-0.2, -0.15) is 0 Å². The third kappa shape index (κ3) is 4.16. The number of methoxy groups -OCH3 is 3. The molecule has 3 rings (SSSR count). The van der Waals surface area contributed by atoms with Crippen molar-refractivity contribution in [1.82, 2.24) is 0 Å². The Morgan fingerprint density at radius 3 is 1.91 bits per heavy atom. The number of ketones is 3. The van der Waals surface area contributed by atoms with E-state index in [-0.39, 0.29) is 40.2 Å². The highest BCUT2D eigenvalue weighted by Crippen LogP contribution is 2.37.